The summed E-state index contributed by atoms with van der Waals surface area (Å²) in [5.74, 6) is 0.239. The Morgan fingerprint density at radius 3 is 2.33 bits per heavy atom. The molecule has 1 aromatic rings. The number of nitrogens with zero attached hydrogens (tertiary/aromatic N) is 4. The molecule has 0 bridgehead atoms. The number of imidazole rings is 1. The van der Waals surface area contributed by atoms with Crippen molar-refractivity contribution in [1.29, 1.82) is 0 Å². The maximum Gasteiger partial charge on any atom is 0.395 e. The quantitative estimate of drug-likeness (QED) is 0.335. The molecule has 0 aliphatic heterocycles. The minimum atomic E-state index is -0.589. The highest BCUT2D eigenvalue weighted by Gasteiger charge is 2.34. The number of amides is 1. The molecular weight excluding hydrogens is 355 g/mol. The number of alkyl halides is 2. The normalized spacial score (nSPS) is 10.8. The van der Waals surface area contributed by atoms with Crippen molar-refractivity contribution < 1.29 is 9.72 Å². The first-order chi connectivity index (χ1) is 11.5. The van der Waals surface area contributed by atoms with Crippen LogP contribution in [0.2, 0.25) is 0 Å². The molecule has 0 atom stereocenters. The summed E-state index contributed by atoms with van der Waals surface area (Å²) < 4.78 is 1.70. The molecule has 0 radical (unpaired) electrons. The van der Waals surface area contributed by atoms with Crippen LogP contribution >= 0.6 is 23.2 Å². The molecule has 1 aromatic heterocycles. The predicted octanol–water partition coefficient (Wildman–Crippen LogP) is 3.46. The number of carbonyl (C=O) groups excluding carboxylic acids is 1. The van der Waals surface area contributed by atoms with Gasteiger partial charge in [-0.15, -0.1) is 23.2 Å². The van der Waals surface area contributed by atoms with E-state index in [1.807, 2.05) is 13.8 Å². The van der Waals surface area contributed by atoms with E-state index in [0.29, 0.717) is 18.8 Å². The summed E-state index contributed by atoms with van der Waals surface area (Å²) in [5, 5.41) is 11.4. The smallest absolute Gasteiger partial charge is 0.358 e. The van der Waals surface area contributed by atoms with Crippen LogP contribution in [0.15, 0.2) is 0 Å². The zero-order valence-electron chi connectivity index (χ0n) is 14.1. The van der Waals surface area contributed by atoms with Crippen LogP contribution < -0.4 is 0 Å². The van der Waals surface area contributed by atoms with Crippen LogP contribution in [-0.4, -0.2) is 50.1 Å². The van der Waals surface area contributed by atoms with E-state index in [4.69, 9.17) is 23.2 Å². The predicted molar refractivity (Wildman–Crippen MR) is 95.1 cm³/mol. The van der Waals surface area contributed by atoms with Gasteiger partial charge in [-0.25, -0.2) is 0 Å². The number of hydrogen-bond acceptors (Lipinski definition) is 4. The molecule has 0 saturated heterocycles. The van der Waals surface area contributed by atoms with Crippen molar-refractivity contribution in [1.82, 2.24) is 14.5 Å². The first-order valence-electron chi connectivity index (χ1n) is 8.16. The van der Waals surface area contributed by atoms with E-state index in [-0.39, 0.29) is 36.4 Å². The van der Waals surface area contributed by atoms with E-state index in [1.165, 1.54) is 4.90 Å². The fourth-order valence-electron chi connectivity index (χ4n) is 2.46. The first kappa shape index (κ1) is 20.7. The van der Waals surface area contributed by atoms with Crippen molar-refractivity contribution in [3.63, 3.8) is 0 Å². The van der Waals surface area contributed by atoms with E-state index < -0.39 is 10.8 Å². The Kier molecular flexibility index (Phi) is 9.07. The largest absolute Gasteiger partial charge is 0.395 e. The standard InChI is InChI=1S/C15H24Cl2N4O3/c1-3-5-9-20-12(6-4-2)18-14(21(23)24)13(20)15(22)19(10-7-16)11-8-17/h3-11H2,1-2H3. The van der Waals surface area contributed by atoms with Gasteiger partial charge in [0, 0.05) is 37.8 Å². The van der Waals surface area contributed by atoms with Gasteiger partial charge in [-0.05, 0) is 22.7 Å². The summed E-state index contributed by atoms with van der Waals surface area (Å²) in [4.78, 5) is 29.3. The maximum atomic E-state index is 12.9. The van der Waals surface area contributed by atoms with Gasteiger partial charge in [-0.1, -0.05) is 20.3 Å². The molecule has 1 rings (SSSR count). The summed E-state index contributed by atoms with van der Waals surface area (Å²) >= 11 is 11.5. The minimum absolute atomic E-state index is 0.0344. The first-order valence-corrected chi connectivity index (χ1v) is 9.23. The zero-order chi connectivity index (χ0) is 18.1. The molecule has 0 spiro atoms. The van der Waals surface area contributed by atoms with Crippen molar-refractivity contribution in [3.05, 3.63) is 21.6 Å². The second kappa shape index (κ2) is 10.5. The number of aryl methyl sites for hydroxylation is 1. The lowest BCUT2D eigenvalue weighted by Gasteiger charge is -2.21. The number of carbonyl (C=O) groups is 1. The van der Waals surface area contributed by atoms with Gasteiger partial charge in [-0.3, -0.25) is 9.36 Å². The van der Waals surface area contributed by atoms with E-state index in [2.05, 4.69) is 4.98 Å². The fourth-order valence-corrected chi connectivity index (χ4v) is 2.87. The Hall–Kier alpha value is -1.34. The molecular formula is C15H24Cl2N4O3. The molecule has 0 aromatic carbocycles. The highest BCUT2D eigenvalue weighted by molar-refractivity contribution is 6.18. The minimum Gasteiger partial charge on any atom is -0.358 e. The fraction of sp³-hybridized carbons (Fsp3) is 0.733. The lowest BCUT2D eigenvalue weighted by atomic mass is 10.2. The van der Waals surface area contributed by atoms with Crippen LogP contribution in [-0.2, 0) is 13.0 Å². The van der Waals surface area contributed by atoms with Gasteiger partial charge in [0.05, 0.1) is 0 Å². The van der Waals surface area contributed by atoms with Gasteiger partial charge in [0.15, 0.2) is 0 Å². The number of hydrogen-bond donors (Lipinski definition) is 0. The van der Waals surface area contributed by atoms with Crippen LogP contribution in [0.3, 0.4) is 0 Å². The van der Waals surface area contributed by atoms with Gasteiger partial charge in [0.1, 0.15) is 0 Å². The number of aromatic nitrogens is 2. The van der Waals surface area contributed by atoms with Crippen molar-refractivity contribution in [3.8, 4) is 0 Å². The zero-order valence-corrected chi connectivity index (χ0v) is 15.6. The van der Waals surface area contributed by atoms with Crippen molar-refractivity contribution >= 4 is 34.9 Å². The van der Waals surface area contributed by atoms with E-state index in [9.17, 15) is 14.9 Å². The second-order valence-electron chi connectivity index (χ2n) is 5.38. The second-order valence-corrected chi connectivity index (χ2v) is 6.14. The molecule has 1 amide bonds. The number of rotatable bonds is 11. The highest BCUT2D eigenvalue weighted by atomic mass is 35.5. The van der Waals surface area contributed by atoms with E-state index in [0.717, 1.165) is 19.3 Å². The summed E-state index contributed by atoms with van der Waals surface area (Å²) in [5.41, 5.74) is 0.0344. The van der Waals surface area contributed by atoms with Gasteiger partial charge in [-0.2, -0.15) is 0 Å². The van der Waals surface area contributed by atoms with Gasteiger partial charge in [0.25, 0.3) is 5.91 Å². The average Bonchev–Trinajstić information content (AvgIpc) is 2.91. The Bertz CT molecular complexity index is 557. The summed E-state index contributed by atoms with van der Waals surface area (Å²) in [6, 6.07) is 0. The molecule has 0 aliphatic carbocycles. The Labute approximate surface area is 152 Å². The molecule has 0 saturated carbocycles. The summed E-state index contributed by atoms with van der Waals surface area (Å²) in [7, 11) is 0. The third-order valence-corrected chi connectivity index (χ3v) is 3.95. The maximum absolute atomic E-state index is 12.9. The number of halogens is 2. The molecule has 7 nitrogen and oxygen atoms in total. The Morgan fingerprint density at radius 2 is 1.88 bits per heavy atom. The highest BCUT2D eigenvalue weighted by Crippen LogP contribution is 2.23. The summed E-state index contributed by atoms with van der Waals surface area (Å²) in [6.45, 7) is 5.10. The number of nitro groups is 1. The third kappa shape index (κ3) is 5.08. The molecule has 136 valence electrons. The van der Waals surface area contributed by atoms with E-state index >= 15 is 0 Å². The van der Waals surface area contributed by atoms with Crippen LogP contribution in [0.1, 0.15) is 49.4 Å². The lowest BCUT2D eigenvalue weighted by Crippen LogP contribution is -2.36. The summed E-state index contributed by atoms with van der Waals surface area (Å²) in [6.07, 6.45) is 3.11. The van der Waals surface area contributed by atoms with Gasteiger partial charge in [0.2, 0.25) is 11.5 Å². The average molecular weight is 379 g/mol. The molecule has 0 N–H and O–H groups in total. The Balaban J connectivity index is 3.38. The Morgan fingerprint density at radius 1 is 1.25 bits per heavy atom. The van der Waals surface area contributed by atoms with Gasteiger partial charge >= 0.3 is 5.82 Å². The van der Waals surface area contributed by atoms with E-state index in [1.54, 1.807) is 4.57 Å². The molecule has 0 aliphatic rings. The molecule has 1 heterocycles. The van der Waals surface area contributed by atoms with Crippen molar-refractivity contribution in [2.24, 2.45) is 0 Å². The topological polar surface area (TPSA) is 81.3 Å². The van der Waals surface area contributed by atoms with Crippen LogP contribution in [0.25, 0.3) is 0 Å². The molecule has 0 fully saturated rings. The number of unbranched alkanes of at least 4 members (excludes halogenated alkanes) is 1. The molecule has 0 unspecified atom stereocenters. The molecule has 9 heteroatoms. The molecule has 24 heavy (non-hydrogen) atoms. The van der Waals surface area contributed by atoms with Crippen LogP contribution in [0.4, 0.5) is 5.82 Å². The van der Waals surface area contributed by atoms with Crippen molar-refractivity contribution in [2.45, 2.75) is 46.1 Å². The third-order valence-electron chi connectivity index (χ3n) is 3.61. The van der Waals surface area contributed by atoms with Gasteiger partial charge < -0.3 is 15.0 Å². The van der Waals surface area contributed by atoms with Crippen molar-refractivity contribution in [2.75, 3.05) is 24.8 Å². The SMILES string of the molecule is CCCCn1c(CCC)nc([N+](=O)[O-])c1C(=O)N(CCCl)CCCl. The van der Waals surface area contributed by atoms with Crippen LogP contribution in [0, 0.1) is 10.1 Å². The monoisotopic (exact) mass is 378 g/mol. The van der Waals surface area contributed by atoms with Crippen LogP contribution in [0.5, 0.6) is 0 Å². The lowest BCUT2D eigenvalue weighted by molar-refractivity contribution is -0.389.